The summed E-state index contributed by atoms with van der Waals surface area (Å²) in [4.78, 5) is 4.51. The van der Waals surface area contributed by atoms with Crippen LogP contribution in [0.4, 0.5) is 0 Å². The molecule has 1 atom stereocenters. The molecule has 0 saturated heterocycles. The normalized spacial score (nSPS) is 22.1. The Morgan fingerprint density at radius 1 is 1.50 bits per heavy atom. The molecular formula is C11H19N3. The van der Waals surface area contributed by atoms with E-state index in [0.29, 0.717) is 6.04 Å². The Hall–Kier alpha value is -0.830. The van der Waals surface area contributed by atoms with Gasteiger partial charge in [-0.15, -0.1) is 0 Å². The molecule has 1 unspecified atom stereocenters. The summed E-state index contributed by atoms with van der Waals surface area (Å²) in [7, 11) is 0. The van der Waals surface area contributed by atoms with Crippen LogP contribution < -0.4 is 5.73 Å². The molecule has 0 bridgehead atoms. The van der Waals surface area contributed by atoms with Gasteiger partial charge < -0.3 is 10.3 Å². The van der Waals surface area contributed by atoms with Gasteiger partial charge in [0.1, 0.15) is 5.82 Å². The number of imidazole rings is 1. The summed E-state index contributed by atoms with van der Waals surface area (Å²) >= 11 is 0. The minimum atomic E-state index is 0.120. The van der Waals surface area contributed by atoms with Gasteiger partial charge in [-0.05, 0) is 12.8 Å². The highest BCUT2D eigenvalue weighted by Gasteiger charge is 2.25. The lowest BCUT2D eigenvalue weighted by atomic mass is 9.95. The minimum Gasteiger partial charge on any atom is -0.330 e. The van der Waals surface area contributed by atoms with E-state index in [1.54, 1.807) is 0 Å². The molecule has 3 heteroatoms. The number of nitrogens with two attached hydrogens (primary N) is 1. The van der Waals surface area contributed by atoms with Crippen LogP contribution in [0, 0.1) is 0 Å². The SMILES string of the molecule is CC(C)(C)c1ncc2n1CC(N)CC2. The summed E-state index contributed by atoms with van der Waals surface area (Å²) in [6.45, 7) is 7.52. The van der Waals surface area contributed by atoms with Crippen molar-refractivity contribution >= 4 is 0 Å². The molecule has 2 N–H and O–H groups in total. The number of fused-ring (bicyclic) bond motifs is 1. The van der Waals surface area contributed by atoms with Crippen molar-refractivity contribution in [3.8, 4) is 0 Å². The third-order valence-corrected chi connectivity index (χ3v) is 2.80. The van der Waals surface area contributed by atoms with E-state index in [2.05, 4.69) is 30.3 Å². The molecule has 0 aliphatic carbocycles. The fourth-order valence-corrected chi connectivity index (χ4v) is 2.07. The molecule has 1 aromatic rings. The molecule has 0 aromatic carbocycles. The van der Waals surface area contributed by atoms with E-state index in [1.807, 2.05) is 6.20 Å². The second-order valence-electron chi connectivity index (χ2n) is 5.23. The standard InChI is InChI=1S/C11H19N3/c1-11(2,3)10-13-6-9-5-4-8(12)7-14(9)10/h6,8H,4-5,7,12H2,1-3H3. The van der Waals surface area contributed by atoms with E-state index in [1.165, 1.54) is 11.5 Å². The molecule has 1 aromatic heterocycles. The first kappa shape index (κ1) is 9.71. The number of aryl methyl sites for hydroxylation is 1. The monoisotopic (exact) mass is 193 g/mol. The van der Waals surface area contributed by atoms with E-state index in [-0.39, 0.29) is 5.41 Å². The Morgan fingerprint density at radius 2 is 2.21 bits per heavy atom. The van der Waals surface area contributed by atoms with E-state index in [0.717, 1.165) is 19.4 Å². The summed E-state index contributed by atoms with van der Waals surface area (Å²) in [5.41, 5.74) is 7.44. The Morgan fingerprint density at radius 3 is 2.86 bits per heavy atom. The molecule has 0 radical (unpaired) electrons. The Balaban J connectivity index is 2.41. The van der Waals surface area contributed by atoms with Gasteiger partial charge in [-0.1, -0.05) is 20.8 Å². The first-order valence-corrected chi connectivity index (χ1v) is 5.29. The van der Waals surface area contributed by atoms with E-state index in [9.17, 15) is 0 Å². The van der Waals surface area contributed by atoms with Crippen LogP contribution in [0.15, 0.2) is 6.20 Å². The first-order chi connectivity index (χ1) is 6.48. The van der Waals surface area contributed by atoms with Gasteiger partial charge >= 0.3 is 0 Å². The van der Waals surface area contributed by atoms with E-state index in [4.69, 9.17) is 5.73 Å². The second-order valence-corrected chi connectivity index (χ2v) is 5.23. The molecule has 1 aliphatic rings. The van der Waals surface area contributed by atoms with Gasteiger partial charge in [-0.3, -0.25) is 0 Å². The number of hydrogen-bond acceptors (Lipinski definition) is 2. The average Bonchev–Trinajstić information content (AvgIpc) is 2.45. The predicted octanol–water partition coefficient (Wildman–Crippen LogP) is 1.45. The van der Waals surface area contributed by atoms with Crippen LogP contribution >= 0.6 is 0 Å². The zero-order valence-electron chi connectivity index (χ0n) is 9.25. The number of nitrogens with zero attached hydrogens (tertiary/aromatic N) is 2. The van der Waals surface area contributed by atoms with Crippen molar-refractivity contribution in [2.45, 2.75) is 51.6 Å². The highest BCUT2D eigenvalue weighted by Crippen LogP contribution is 2.25. The van der Waals surface area contributed by atoms with Crippen molar-refractivity contribution in [1.29, 1.82) is 0 Å². The smallest absolute Gasteiger partial charge is 0.114 e. The zero-order valence-corrected chi connectivity index (χ0v) is 9.25. The summed E-state index contributed by atoms with van der Waals surface area (Å²) in [5, 5.41) is 0. The first-order valence-electron chi connectivity index (χ1n) is 5.29. The number of hydrogen-bond donors (Lipinski definition) is 1. The Bertz CT molecular complexity index is 333. The van der Waals surface area contributed by atoms with Gasteiger partial charge in [-0.2, -0.15) is 0 Å². The third kappa shape index (κ3) is 1.57. The van der Waals surface area contributed by atoms with Crippen LogP contribution in [0.2, 0.25) is 0 Å². The average molecular weight is 193 g/mol. The quantitative estimate of drug-likeness (QED) is 0.678. The van der Waals surface area contributed by atoms with Crippen LogP contribution in [0.5, 0.6) is 0 Å². The van der Waals surface area contributed by atoms with Crippen LogP contribution in [0.25, 0.3) is 0 Å². The van der Waals surface area contributed by atoms with Crippen molar-refractivity contribution in [3.63, 3.8) is 0 Å². The van der Waals surface area contributed by atoms with E-state index < -0.39 is 0 Å². The van der Waals surface area contributed by atoms with Gasteiger partial charge in [0.05, 0.1) is 0 Å². The third-order valence-electron chi connectivity index (χ3n) is 2.80. The molecule has 0 spiro atoms. The lowest BCUT2D eigenvalue weighted by molar-refractivity contribution is 0.415. The molecule has 14 heavy (non-hydrogen) atoms. The van der Waals surface area contributed by atoms with Crippen molar-refractivity contribution in [1.82, 2.24) is 9.55 Å². The summed E-state index contributed by atoms with van der Waals surface area (Å²) in [5.74, 6) is 1.17. The van der Waals surface area contributed by atoms with Gasteiger partial charge in [0, 0.05) is 29.9 Å². The summed E-state index contributed by atoms with van der Waals surface area (Å²) in [6, 6.07) is 0.304. The molecule has 1 aliphatic heterocycles. The Labute approximate surface area is 85.3 Å². The molecule has 0 amide bonds. The van der Waals surface area contributed by atoms with Gasteiger partial charge in [0.15, 0.2) is 0 Å². The van der Waals surface area contributed by atoms with Crippen molar-refractivity contribution in [2.24, 2.45) is 5.73 Å². The predicted molar refractivity (Wildman–Crippen MR) is 57.2 cm³/mol. The molecule has 78 valence electrons. The maximum absolute atomic E-state index is 5.97. The molecule has 2 heterocycles. The number of rotatable bonds is 0. The lowest BCUT2D eigenvalue weighted by Gasteiger charge is -2.26. The highest BCUT2D eigenvalue weighted by atomic mass is 15.1. The van der Waals surface area contributed by atoms with Crippen molar-refractivity contribution in [2.75, 3.05) is 0 Å². The largest absolute Gasteiger partial charge is 0.330 e. The lowest BCUT2D eigenvalue weighted by Crippen LogP contribution is -2.34. The fraction of sp³-hybridized carbons (Fsp3) is 0.727. The number of aromatic nitrogens is 2. The molecular weight excluding hydrogens is 174 g/mol. The van der Waals surface area contributed by atoms with Crippen LogP contribution in [-0.4, -0.2) is 15.6 Å². The van der Waals surface area contributed by atoms with E-state index >= 15 is 0 Å². The van der Waals surface area contributed by atoms with Crippen molar-refractivity contribution in [3.05, 3.63) is 17.7 Å². The summed E-state index contributed by atoms with van der Waals surface area (Å²) in [6.07, 6.45) is 4.17. The van der Waals surface area contributed by atoms with Crippen molar-refractivity contribution < 1.29 is 0 Å². The zero-order chi connectivity index (χ0) is 10.3. The van der Waals surface area contributed by atoms with Crippen LogP contribution in [0.1, 0.15) is 38.7 Å². The van der Waals surface area contributed by atoms with Gasteiger partial charge in [0.2, 0.25) is 0 Å². The fourth-order valence-electron chi connectivity index (χ4n) is 2.07. The molecule has 3 nitrogen and oxygen atoms in total. The molecule has 0 fully saturated rings. The van der Waals surface area contributed by atoms with Gasteiger partial charge in [-0.25, -0.2) is 4.98 Å². The highest BCUT2D eigenvalue weighted by molar-refractivity contribution is 5.14. The molecule has 0 saturated carbocycles. The Kier molecular flexibility index (Phi) is 2.14. The summed E-state index contributed by atoms with van der Waals surface area (Å²) < 4.78 is 2.30. The van der Waals surface area contributed by atoms with Crippen LogP contribution in [0.3, 0.4) is 0 Å². The maximum atomic E-state index is 5.97. The molecule has 2 rings (SSSR count). The van der Waals surface area contributed by atoms with Crippen LogP contribution in [-0.2, 0) is 18.4 Å². The second kappa shape index (κ2) is 3.09. The minimum absolute atomic E-state index is 0.120. The maximum Gasteiger partial charge on any atom is 0.114 e. The van der Waals surface area contributed by atoms with Gasteiger partial charge in [0.25, 0.3) is 0 Å². The topological polar surface area (TPSA) is 43.8 Å².